The van der Waals surface area contributed by atoms with E-state index in [9.17, 15) is 4.39 Å². The number of benzene rings is 2. The zero-order chi connectivity index (χ0) is 13.9. The van der Waals surface area contributed by atoms with Gasteiger partial charge in [0, 0.05) is 12.0 Å². The molecule has 0 radical (unpaired) electrons. The Hall–Kier alpha value is -1.35. The van der Waals surface area contributed by atoms with Crippen molar-refractivity contribution in [1.82, 2.24) is 0 Å². The first kappa shape index (κ1) is 13.6. The molecule has 0 N–H and O–H groups in total. The molecule has 0 bridgehead atoms. The lowest BCUT2D eigenvalue weighted by atomic mass is 9.83. The summed E-state index contributed by atoms with van der Waals surface area (Å²) in [6.07, 6.45) is 3.47. The molecule has 0 saturated heterocycles. The van der Waals surface area contributed by atoms with Crippen molar-refractivity contribution in [3.63, 3.8) is 0 Å². The maximum Gasteiger partial charge on any atom is 0.136 e. The molecule has 1 aliphatic rings. The fourth-order valence-electron chi connectivity index (χ4n) is 2.81. The summed E-state index contributed by atoms with van der Waals surface area (Å²) < 4.78 is 19.9. The van der Waals surface area contributed by atoms with Gasteiger partial charge in [-0.15, -0.1) is 0 Å². The minimum absolute atomic E-state index is 0.271. The molecule has 104 valence electrons. The predicted octanol–water partition coefficient (Wildman–Crippen LogP) is 5.09. The van der Waals surface area contributed by atoms with Crippen LogP contribution in [0.2, 0.25) is 0 Å². The highest BCUT2D eigenvalue weighted by Gasteiger charge is 2.20. The predicted molar refractivity (Wildman–Crippen MR) is 81.7 cm³/mol. The molecule has 0 amide bonds. The largest absolute Gasteiger partial charge is 0.492 e. The molecule has 1 atom stereocenters. The first-order chi connectivity index (χ1) is 9.74. The van der Waals surface area contributed by atoms with Crippen molar-refractivity contribution in [2.75, 3.05) is 6.61 Å². The van der Waals surface area contributed by atoms with E-state index < -0.39 is 0 Å². The minimum Gasteiger partial charge on any atom is -0.492 e. The van der Waals surface area contributed by atoms with E-state index in [0.717, 1.165) is 17.3 Å². The summed E-state index contributed by atoms with van der Waals surface area (Å²) in [5.74, 6) is 0.704. The Morgan fingerprint density at radius 3 is 2.95 bits per heavy atom. The Morgan fingerprint density at radius 1 is 1.20 bits per heavy atom. The summed E-state index contributed by atoms with van der Waals surface area (Å²) in [7, 11) is 0. The summed E-state index contributed by atoms with van der Waals surface area (Å²) in [6.45, 7) is 0.596. The standard InChI is InChI=1S/C17H16BrFO/c18-16-9-8-14(19)10-17(16)20-11-13-6-3-5-12-4-1-2-7-15(12)13/h1-2,4,7-10,13H,3,5-6,11H2. The third-order valence-electron chi connectivity index (χ3n) is 3.83. The van der Waals surface area contributed by atoms with Gasteiger partial charge in [-0.1, -0.05) is 24.3 Å². The van der Waals surface area contributed by atoms with Crippen LogP contribution in [0.1, 0.15) is 29.9 Å². The van der Waals surface area contributed by atoms with Gasteiger partial charge in [-0.2, -0.15) is 0 Å². The van der Waals surface area contributed by atoms with Gasteiger partial charge in [-0.3, -0.25) is 0 Å². The average molecular weight is 335 g/mol. The minimum atomic E-state index is -0.271. The maximum absolute atomic E-state index is 13.3. The van der Waals surface area contributed by atoms with Crippen molar-refractivity contribution in [3.05, 3.63) is 63.9 Å². The van der Waals surface area contributed by atoms with E-state index in [1.165, 1.54) is 29.7 Å². The lowest BCUT2D eigenvalue weighted by molar-refractivity contribution is 0.272. The van der Waals surface area contributed by atoms with E-state index in [1.807, 2.05) is 0 Å². The molecule has 0 spiro atoms. The molecule has 0 heterocycles. The van der Waals surface area contributed by atoms with E-state index in [1.54, 1.807) is 6.07 Å². The van der Waals surface area contributed by atoms with E-state index in [4.69, 9.17) is 4.74 Å². The average Bonchev–Trinajstić information content (AvgIpc) is 2.48. The van der Waals surface area contributed by atoms with Crippen molar-refractivity contribution < 1.29 is 9.13 Å². The lowest BCUT2D eigenvalue weighted by Crippen LogP contribution is -2.16. The first-order valence-corrected chi connectivity index (χ1v) is 7.69. The van der Waals surface area contributed by atoms with Gasteiger partial charge in [-0.05, 0) is 58.5 Å². The van der Waals surface area contributed by atoms with Crippen LogP contribution in [0.15, 0.2) is 46.9 Å². The summed E-state index contributed by atoms with van der Waals surface area (Å²) in [4.78, 5) is 0. The monoisotopic (exact) mass is 334 g/mol. The third-order valence-corrected chi connectivity index (χ3v) is 4.48. The quantitative estimate of drug-likeness (QED) is 0.759. The van der Waals surface area contributed by atoms with Gasteiger partial charge < -0.3 is 4.74 Å². The molecule has 0 fully saturated rings. The van der Waals surface area contributed by atoms with Gasteiger partial charge in [0.25, 0.3) is 0 Å². The fraction of sp³-hybridized carbons (Fsp3) is 0.294. The molecule has 3 rings (SSSR count). The van der Waals surface area contributed by atoms with Gasteiger partial charge in [0.15, 0.2) is 0 Å². The second-order valence-corrected chi connectivity index (χ2v) is 6.03. The molecule has 0 aliphatic heterocycles. The van der Waals surface area contributed by atoms with Crippen molar-refractivity contribution >= 4 is 15.9 Å². The van der Waals surface area contributed by atoms with Crippen molar-refractivity contribution in [2.24, 2.45) is 0 Å². The molecular weight excluding hydrogens is 319 g/mol. The van der Waals surface area contributed by atoms with E-state index >= 15 is 0 Å². The smallest absolute Gasteiger partial charge is 0.136 e. The summed E-state index contributed by atoms with van der Waals surface area (Å²) in [6, 6.07) is 13.1. The van der Waals surface area contributed by atoms with Crippen molar-refractivity contribution in [1.29, 1.82) is 0 Å². The van der Waals surface area contributed by atoms with E-state index in [-0.39, 0.29) is 5.82 Å². The number of fused-ring (bicyclic) bond motifs is 1. The highest BCUT2D eigenvalue weighted by atomic mass is 79.9. The highest BCUT2D eigenvalue weighted by molar-refractivity contribution is 9.10. The zero-order valence-electron chi connectivity index (χ0n) is 11.1. The van der Waals surface area contributed by atoms with Crippen LogP contribution in [0.4, 0.5) is 4.39 Å². The fourth-order valence-corrected chi connectivity index (χ4v) is 3.17. The van der Waals surface area contributed by atoms with Crippen LogP contribution in [0.3, 0.4) is 0 Å². The summed E-state index contributed by atoms with van der Waals surface area (Å²) in [5, 5.41) is 0. The maximum atomic E-state index is 13.3. The number of hydrogen-bond donors (Lipinski definition) is 0. The van der Waals surface area contributed by atoms with Gasteiger partial charge in [0.1, 0.15) is 11.6 Å². The second kappa shape index (κ2) is 5.96. The Kier molecular flexibility index (Phi) is 4.06. The van der Waals surface area contributed by atoms with Crippen molar-refractivity contribution in [2.45, 2.75) is 25.2 Å². The molecule has 0 saturated carbocycles. The molecule has 1 aliphatic carbocycles. The molecule has 3 heteroatoms. The second-order valence-electron chi connectivity index (χ2n) is 5.17. The van der Waals surface area contributed by atoms with E-state index in [0.29, 0.717) is 18.3 Å². The van der Waals surface area contributed by atoms with Crippen LogP contribution in [-0.4, -0.2) is 6.61 Å². The van der Waals surface area contributed by atoms with Crippen LogP contribution in [0, 0.1) is 5.82 Å². The Balaban J connectivity index is 1.75. The summed E-state index contributed by atoms with van der Waals surface area (Å²) in [5.41, 5.74) is 2.80. The number of rotatable bonds is 3. The normalized spacial score (nSPS) is 17.6. The molecular formula is C17H16BrFO. The van der Waals surface area contributed by atoms with Crippen LogP contribution in [0.5, 0.6) is 5.75 Å². The highest BCUT2D eigenvalue weighted by Crippen LogP contribution is 2.33. The van der Waals surface area contributed by atoms with Gasteiger partial charge >= 0.3 is 0 Å². The third kappa shape index (κ3) is 2.88. The topological polar surface area (TPSA) is 9.23 Å². The SMILES string of the molecule is Fc1ccc(Br)c(OCC2CCCc3ccccc32)c1. The molecule has 1 unspecified atom stereocenters. The van der Waals surface area contributed by atoms with Gasteiger partial charge in [0.05, 0.1) is 11.1 Å². The molecule has 20 heavy (non-hydrogen) atoms. The van der Waals surface area contributed by atoms with Gasteiger partial charge in [0.2, 0.25) is 0 Å². The van der Waals surface area contributed by atoms with Crippen molar-refractivity contribution in [3.8, 4) is 5.75 Å². The molecule has 2 aromatic carbocycles. The number of hydrogen-bond acceptors (Lipinski definition) is 1. The Labute approximate surface area is 126 Å². The summed E-state index contributed by atoms with van der Waals surface area (Å²) >= 11 is 3.40. The number of ether oxygens (including phenoxy) is 1. The Morgan fingerprint density at radius 2 is 2.05 bits per heavy atom. The molecule has 2 aromatic rings. The molecule has 1 nitrogen and oxygen atoms in total. The van der Waals surface area contributed by atoms with Crippen LogP contribution >= 0.6 is 15.9 Å². The zero-order valence-corrected chi connectivity index (χ0v) is 12.7. The Bertz CT molecular complexity index is 612. The molecule has 0 aromatic heterocycles. The van der Waals surface area contributed by atoms with Crippen LogP contribution in [-0.2, 0) is 6.42 Å². The lowest BCUT2D eigenvalue weighted by Gasteiger charge is -2.25. The first-order valence-electron chi connectivity index (χ1n) is 6.89. The van der Waals surface area contributed by atoms with Crippen LogP contribution < -0.4 is 4.74 Å². The van der Waals surface area contributed by atoms with Crippen LogP contribution in [0.25, 0.3) is 0 Å². The van der Waals surface area contributed by atoms with Gasteiger partial charge in [-0.25, -0.2) is 4.39 Å². The number of aryl methyl sites for hydroxylation is 1. The van der Waals surface area contributed by atoms with E-state index in [2.05, 4.69) is 40.2 Å². The number of halogens is 2.